The van der Waals surface area contributed by atoms with E-state index in [2.05, 4.69) is 10.1 Å². The predicted molar refractivity (Wildman–Crippen MR) is 70.0 cm³/mol. The van der Waals surface area contributed by atoms with Gasteiger partial charge in [-0.1, -0.05) is 0 Å². The van der Waals surface area contributed by atoms with Gasteiger partial charge in [-0.05, 0) is 18.8 Å². The van der Waals surface area contributed by atoms with Crippen LogP contribution in [-0.4, -0.2) is 39.4 Å². The average molecular weight is 300 g/mol. The smallest absolute Gasteiger partial charge is 0.393 e. The van der Waals surface area contributed by atoms with Gasteiger partial charge in [-0.25, -0.2) is 9.50 Å². The molecule has 0 saturated heterocycles. The molecule has 0 atom stereocenters. The summed E-state index contributed by atoms with van der Waals surface area (Å²) in [4.78, 5) is 5.98. The Morgan fingerprint density at radius 1 is 1.43 bits per heavy atom. The highest BCUT2D eigenvalue weighted by atomic mass is 19.4. The Morgan fingerprint density at radius 2 is 2.14 bits per heavy atom. The highest BCUT2D eigenvalue weighted by Crippen LogP contribution is 2.32. The third-order valence-corrected chi connectivity index (χ3v) is 3.76. The van der Waals surface area contributed by atoms with Crippen LogP contribution in [0.25, 0.3) is 5.52 Å². The number of aliphatic hydroxyl groups excluding tert-OH is 1. The summed E-state index contributed by atoms with van der Waals surface area (Å²) in [6, 6.07) is 1.01. The van der Waals surface area contributed by atoms with Crippen molar-refractivity contribution >= 4 is 11.3 Å². The van der Waals surface area contributed by atoms with E-state index in [4.69, 9.17) is 0 Å². The topological polar surface area (TPSA) is 53.7 Å². The third-order valence-electron chi connectivity index (χ3n) is 3.76. The van der Waals surface area contributed by atoms with Crippen LogP contribution in [0.2, 0.25) is 0 Å². The molecule has 0 radical (unpaired) electrons. The highest BCUT2D eigenvalue weighted by molar-refractivity contribution is 5.69. The second-order valence-corrected chi connectivity index (χ2v) is 5.48. The molecule has 0 aromatic carbocycles. The molecule has 0 spiro atoms. The Balaban J connectivity index is 1.89. The Morgan fingerprint density at radius 3 is 2.76 bits per heavy atom. The quantitative estimate of drug-likeness (QED) is 0.941. The fourth-order valence-corrected chi connectivity index (χ4v) is 2.66. The van der Waals surface area contributed by atoms with Crippen LogP contribution >= 0.6 is 0 Å². The number of aromatic nitrogens is 3. The number of rotatable bonds is 3. The van der Waals surface area contributed by atoms with Gasteiger partial charge in [0.05, 0.1) is 6.10 Å². The zero-order chi connectivity index (χ0) is 15.2. The second-order valence-electron chi connectivity index (χ2n) is 5.48. The van der Waals surface area contributed by atoms with Crippen LogP contribution in [0.4, 0.5) is 19.0 Å². The van der Waals surface area contributed by atoms with Crippen molar-refractivity contribution in [3.05, 3.63) is 24.2 Å². The summed E-state index contributed by atoms with van der Waals surface area (Å²) in [6.07, 6.45) is -0.448. The molecule has 2 heterocycles. The van der Waals surface area contributed by atoms with Crippen molar-refractivity contribution in [2.45, 2.75) is 25.1 Å². The Kier molecular flexibility index (Phi) is 3.27. The number of anilines is 1. The number of hydrogen-bond acceptors (Lipinski definition) is 4. The zero-order valence-corrected chi connectivity index (χ0v) is 11.4. The molecule has 1 N–H and O–H groups in total. The van der Waals surface area contributed by atoms with Gasteiger partial charge in [-0.15, -0.1) is 0 Å². The summed E-state index contributed by atoms with van der Waals surface area (Å²) in [6.45, 7) is 0.649. The van der Waals surface area contributed by atoms with Gasteiger partial charge in [0.1, 0.15) is 5.52 Å². The lowest BCUT2D eigenvalue weighted by Crippen LogP contribution is -2.37. The maximum absolute atomic E-state index is 12.7. The predicted octanol–water partition coefficient (Wildman–Crippen LogP) is 1.96. The molecular weight excluding hydrogens is 285 g/mol. The molecule has 114 valence electrons. The van der Waals surface area contributed by atoms with Gasteiger partial charge in [0.25, 0.3) is 0 Å². The van der Waals surface area contributed by atoms with E-state index in [-0.39, 0.29) is 6.10 Å². The van der Waals surface area contributed by atoms with E-state index >= 15 is 0 Å². The molecule has 0 amide bonds. The minimum Gasteiger partial charge on any atom is -0.393 e. The van der Waals surface area contributed by atoms with Crippen molar-refractivity contribution in [2.75, 3.05) is 18.5 Å². The molecule has 2 aromatic rings. The molecule has 1 aliphatic carbocycles. The summed E-state index contributed by atoms with van der Waals surface area (Å²) < 4.78 is 39.4. The summed E-state index contributed by atoms with van der Waals surface area (Å²) >= 11 is 0. The Hall–Kier alpha value is -1.83. The van der Waals surface area contributed by atoms with Crippen LogP contribution in [0.15, 0.2) is 18.5 Å². The molecule has 3 rings (SSSR count). The zero-order valence-electron chi connectivity index (χ0n) is 11.4. The van der Waals surface area contributed by atoms with Gasteiger partial charge in [0.15, 0.2) is 11.5 Å². The van der Waals surface area contributed by atoms with E-state index in [9.17, 15) is 18.3 Å². The number of nitrogens with zero attached hydrogens (tertiary/aromatic N) is 4. The maximum atomic E-state index is 12.7. The number of alkyl halides is 3. The molecule has 0 unspecified atom stereocenters. The van der Waals surface area contributed by atoms with Crippen molar-refractivity contribution in [2.24, 2.45) is 5.92 Å². The van der Waals surface area contributed by atoms with Gasteiger partial charge in [-0.3, -0.25) is 0 Å². The number of aliphatic hydroxyl groups is 1. The van der Waals surface area contributed by atoms with Crippen LogP contribution < -0.4 is 4.90 Å². The fraction of sp³-hybridized carbons (Fsp3) is 0.538. The molecule has 21 heavy (non-hydrogen) atoms. The lowest BCUT2D eigenvalue weighted by Gasteiger charge is -2.34. The van der Waals surface area contributed by atoms with E-state index in [1.165, 1.54) is 16.9 Å². The molecule has 0 bridgehead atoms. The van der Waals surface area contributed by atoms with E-state index < -0.39 is 11.9 Å². The van der Waals surface area contributed by atoms with Gasteiger partial charge < -0.3 is 10.0 Å². The van der Waals surface area contributed by atoms with Crippen LogP contribution in [0.1, 0.15) is 18.5 Å². The van der Waals surface area contributed by atoms with Crippen LogP contribution in [-0.2, 0) is 6.18 Å². The van der Waals surface area contributed by atoms with Crippen molar-refractivity contribution < 1.29 is 18.3 Å². The lowest BCUT2D eigenvalue weighted by molar-refractivity contribution is -0.141. The van der Waals surface area contributed by atoms with Crippen LogP contribution in [0.3, 0.4) is 0 Å². The van der Waals surface area contributed by atoms with E-state index in [1.807, 2.05) is 4.90 Å². The fourth-order valence-electron chi connectivity index (χ4n) is 2.66. The molecular formula is C13H15F3N4O. The molecule has 0 aliphatic heterocycles. The minimum atomic E-state index is -4.47. The van der Waals surface area contributed by atoms with Gasteiger partial charge in [0.2, 0.25) is 0 Å². The maximum Gasteiger partial charge on any atom is 0.435 e. The van der Waals surface area contributed by atoms with Crippen molar-refractivity contribution in [3.63, 3.8) is 0 Å². The van der Waals surface area contributed by atoms with E-state index in [1.54, 1.807) is 7.05 Å². The Labute approximate surface area is 119 Å². The molecule has 1 fully saturated rings. The van der Waals surface area contributed by atoms with Crippen LogP contribution in [0.5, 0.6) is 0 Å². The van der Waals surface area contributed by atoms with Gasteiger partial charge in [0, 0.05) is 32.1 Å². The molecule has 8 heteroatoms. The SMILES string of the molecule is CN(CC1CC(O)C1)c1nccn2nc(C(F)(F)F)cc12. The average Bonchev–Trinajstić information content (AvgIpc) is 2.80. The first-order valence-electron chi connectivity index (χ1n) is 6.65. The van der Waals surface area contributed by atoms with Crippen LogP contribution in [0, 0.1) is 5.92 Å². The summed E-state index contributed by atoms with van der Waals surface area (Å²) in [5, 5.41) is 12.8. The number of halogens is 3. The van der Waals surface area contributed by atoms with Crippen molar-refractivity contribution in [1.82, 2.24) is 14.6 Å². The Bertz CT molecular complexity index is 648. The summed E-state index contributed by atoms with van der Waals surface area (Å²) in [7, 11) is 1.79. The standard InChI is InChI=1S/C13H15F3N4O/c1-19(7-8-4-9(21)5-8)12-10-6-11(13(14,15)16)18-20(10)3-2-17-12/h2-3,6,8-9,21H,4-5,7H2,1H3. The minimum absolute atomic E-state index is 0.251. The highest BCUT2D eigenvalue weighted by Gasteiger charge is 2.35. The number of fused-ring (bicyclic) bond motifs is 1. The van der Waals surface area contributed by atoms with E-state index in [0.29, 0.717) is 23.8 Å². The third kappa shape index (κ3) is 2.67. The summed E-state index contributed by atoms with van der Waals surface area (Å²) in [5.74, 6) is 0.805. The number of hydrogen-bond donors (Lipinski definition) is 1. The second kappa shape index (κ2) is 4.87. The normalized spacial score (nSPS) is 22.3. The molecule has 1 saturated carbocycles. The molecule has 1 aliphatic rings. The first-order valence-corrected chi connectivity index (χ1v) is 6.65. The van der Waals surface area contributed by atoms with Crippen molar-refractivity contribution in [1.29, 1.82) is 0 Å². The summed E-state index contributed by atoms with van der Waals surface area (Å²) in [5.41, 5.74) is -0.601. The first-order chi connectivity index (χ1) is 9.84. The molecule has 2 aromatic heterocycles. The van der Waals surface area contributed by atoms with Gasteiger partial charge >= 0.3 is 6.18 Å². The van der Waals surface area contributed by atoms with Gasteiger partial charge in [-0.2, -0.15) is 18.3 Å². The molecule has 5 nitrogen and oxygen atoms in total. The monoisotopic (exact) mass is 300 g/mol. The largest absolute Gasteiger partial charge is 0.435 e. The lowest BCUT2D eigenvalue weighted by atomic mass is 9.82. The first kappa shape index (κ1) is 14.1. The van der Waals surface area contributed by atoms with Crippen molar-refractivity contribution in [3.8, 4) is 0 Å². The van der Waals surface area contributed by atoms with E-state index in [0.717, 1.165) is 18.9 Å².